The normalized spacial score (nSPS) is 25.1. The van der Waals surface area contributed by atoms with Gasteiger partial charge in [-0.2, -0.15) is 0 Å². The van der Waals surface area contributed by atoms with Crippen molar-refractivity contribution in [1.82, 2.24) is 4.90 Å². The molecule has 0 aromatic carbocycles. The van der Waals surface area contributed by atoms with Gasteiger partial charge in [0.1, 0.15) is 0 Å². The van der Waals surface area contributed by atoms with E-state index in [1.807, 2.05) is 0 Å². The summed E-state index contributed by atoms with van der Waals surface area (Å²) >= 11 is 0. The highest BCUT2D eigenvalue weighted by Crippen LogP contribution is 2.38. The van der Waals surface area contributed by atoms with Crippen molar-refractivity contribution in [3.63, 3.8) is 0 Å². The summed E-state index contributed by atoms with van der Waals surface area (Å²) in [5.41, 5.74) is -0.473. The summed E-state index contributed by atoms with van der Waals surface area (Å²) in [6, 6.07) is 0. The number of nitrogens with zero attached hydrogens (tertiary/aromatic N) is 1. The van der Waals surface area contributed by atoms with Gasteiger partial charge < -0.3 is 14.2 Å². The first-order valence-electron chi connectivity index (χ1n) is 6.01. The molecule has 1 heterocycles. The monoisotopic (exact) mass is 226 g/mol. The van der Waals surface area contributed by atoms with Crippen LogP contribution in [-0.2, 0) is 9.31 Å². The Balaban J connectivity index is 2.76. The van der Waals surface area contributed by atoms with Crippen molar-refractivity contribution in [3.8, 4) is 0 Å². The molecule has 0 bridgehead atoms. The average Bonchev–Trinajstić information content (AvgIpc) is 2.31. The molecule has 0 saturated carbocycles. The minimum Gasteiger partial charge on any atom is -0.402 e. The van der Waals surface area contributed by atoms with Crippen LogP contribution in [0.1, 0.15) is 41.0 Å². The highest BCUT2D eigenvalue weighted by Gasteiger charge is 2.53. The molecule has 0 aliphatic carbocycles. The Kier molecular flexibility index (Phi) is 4.09. The molecule has 0 amide bonds. The van der Waals surface area contributed by atoms with E-state index >= 15 is 0 Å². The second kappa shape index (κ2) is 4.67. The third kappa shape index (κ3) is 2.61. The fraction of sp³-hybridized carbons (Fsp3) is 0.917. The Morgan fingerprint density at radius 2 is 1.56 bits per heavy atom. The van der Waals surface area contributed by atoms with Crippen molar-refractivity contribution >= 4 is 7.12 Å². The summed E-state index contributed by atoms with van der Waals surface area (Å²) in [4.78, 5) is 2.17. The first-order valence-corrected chi connectivity index (χ1v) is 6.01. The highest BCUT2D eigenvalue weighted by molar-refractivity contribution is 6.47. The second-order valence-electron chi connectivity index (χ2n) is 5.80. The maximum atomic E-state index is 6.06. The molecule has 1 radical (unpaired) electrons. The Hall–Kier alpha value is -0.0551. The third-order valence-corrected chi connectivity index (χ3v) is 3.73. The molecule has 3 nitrogen and oxygen atoms in total. The lowest BCUT2D eigenvalue weighted by Crippen LogP contribution is -2.44. The molecule has 16 heavy (non-hydrogen) atoms. The summed E-state index contributed by atoms with van der Waals surface area (Å²) in [7, 11) is 3.99. The molecule has 0 aromatic rings. The zero-order valence-corrected chi connectivity index (χ0v) is 11.7. The van der Waals surface area contributed by atoms with E-state index in [9.17, 15) is 0 Å². The smallest absolute Gasteiger partial charge is 0.402 e. The van der Waals surface area contributed by atoms with Crippen LogP contribution >= 0.6 is 0 Å². The molecule has 93 valence electrons. The van der Waals surface area contributed by atoms with Crippen LogP contribution < -0.4 is 0 Å². The summed E-state index contributed by atoms with van der Waals surface area (Å²) in [6.45, 7) is 10.4. The highest BCUT2D eigenvalue weighted by atomic mass is 16.7. The predicted molar refractivity (Wildman–Crippen MR) is 68.1 cm³/mol. The minimum absolute atomic E-state index is 0.142. The maximum absolute atomic E-state index is 6.06. The SMILES string of the molecule is C[CH]C[C@@H](B1OC(C)(C)C(C)(C)O1)N(C)C. The van der Waals surface area contributed by atoms with Crippen molar-refractivity contribution in [2.45, 2.75) is 58.2 Å². The molecule has 1 fully saturated rings. The van der Waals surface area contributed by atoms with Crippen LogP contribution in [0, 0.1) is 6.42 Å². The Bertz CT molecular complexity index is 225. The van der Waals surface area contributed by atoms with Gasteiger partial charge >= 0.3 is 7.12 Å². The van der Waals surface area contributed by atoms with Crippen molar-refractivity contribution < 1.29 is 9.31 Å². The zero-order valence-electron chi connectivity index (χ0n) is 11.7. The van der Waals surface area contributed by atoms with Gasteiger partial charge in [-0.1, -0.05) is 6.92 Å². The van der Waals surface area contributed by atoms with Crippen molar-refractivity contribution in [1.29, 1.82) is 0 Å². The first-order chi connectivity index (χ1) is 7.21. The fourth-order valence-electron chi connectivity index (χ4n) is 1.85. The van der Waals surface area contributed by atoms with Gasteiger partial charge in [0.05, 0.1) is 11.2 Å². The molecule has 1 rings (SSSR count). The molecular weight excluding hydrogens is 201 g/mol. The molecule has 0 spiro atoms. The maximum Gasteiger partial charge on any atom is 0.476 e. The van der Waals surface area contributed by atoms with E-state index in [-0.39, 0.29) is 24.3 Å². The minimum atomic E-state index is -0.236. The molecule has 0 aromatic heterocycles. The predicted octanol–water partition coefficient (Wildman–Crippen LogP) is 2.16. The van der Waals surface area contributed by atoms with Crippen molar-refractivity contribution in [2.75, 3.05) is 14.1 Å². The molecule has 1 aliphatic rings. The van der Waals surface area contributed by atoms with E-state index in [2.05, 4.69) is 60.0 Å². The Labute approximate surface area is 101 Å². The van der Waals surface area contributed by atoms with E-state index < -0.39 is 0 Å². The average molecular weight is 226 g/mol. The van der Waals surface area contributed by atoms with Gasteiger partial charge in [0.25, 0.3) is 0 Å². The molecule has 0 N–H and O–H groups in total. The largest absolute Gasteiger partial charge is 0.476 e. The molecule has 0 unspecified atom stereocenters. The zero-order chi connectivity index (χ0) is 12.6. The molecular formula is C12H25BNO2. The standard InChI is InChI=1S/C12H25BNO2/c1-8-9-10(14(6)7)13-15-11(2,3)12(4,5)16-13/h8,10H,9H2,1-7H3/t10-/m0/s1. The van der Waals surface area contributed by atoms with Crippen molar-refractivity contribution in [2.24, 2.45) is 0 Å². The van der Waals surface area contributed by atoms with Crippen molar-refractivity contribution in [3.05, 3.63) is 6.42 Å². The van der Waals surface area contributed by atoms with Crippen LogP contribution in [0.2, 0.25) is 0 Å². The van der Waals surface area contributed by atoms with E-state index in [0.29, 0.717) is 0 Å². The van der Waals surface area contributed by atoms with Crippen LogP contribution in [-0.4, -0.2) is 43.3 Å². The lowest BCUT2D eigenvalue weighted by molar-refractivity contribution is 0.00578. The Morgan fingerprint density at radius 3 is 1.88 bits per heavy atom. The second-order valence-corrected chi connectivity index (χ2v) is 5.80. The summed E-state index contributed by atoms with van der Waals surface area (Å²) in [6.07, 6.45) is 3.14. The van der Waals surface area contributed by atoms with Gasteiger partial charge in [0.15, 0.2) is 0 Å². The number of rotatable bonds is 4. The van der Waals surface area contributed by atoms with Crippen LogP contribution in [0.4, 0.5) is 0 Å². The summed E-state index contributed by atoms with van der Waals surface area (Å²) in [5, 5.41) is 0. The van der Waals surface area contributed by atoms with E-state index in [1.54, 1.807) is 0 Å². The summed E-state index contributed by atoms with van der Waals surface area (Å²) < 4.78 is 12.1. The topological polar surface area (TPSA) is 21.7 Å². The van der Waals surface area contributed by atoms with Crippen LogP contribution in [0.3, 0.4) is 0 Å². The molecule has 1 atom stereocenters. The van der Waals surface area contributed by atoms with Crippen LogP contribution in [0.25, 0.3) is 0 Å². The molecule has 1 aliphatic heterocycles. The molecule has 4 heteroatoms. The fourth-order valence-corrected chi connectivity index (χ4v) is 1.85. The van der Waals surface area contributed by atoms with Crippen LogP contribution in [0.15, 0.2) is 0 Å². The van der Waals surface area contributed by atoms with Gasteiger partial charge in [-0.3, -0.25) is 0 Å². The number of hydrogen-bond acceptors (Lipinski definition) is 3. The first kappa shape index (κ1) is 14.0. The van der Waals surface area contributed by atoms with Gasteiger partial charge in [-0.15, -0.1) is 0 Å². The summed E-state index contributed by atoms with van der Waals surface area (Å²) in [5.74, 6) is 0.283. The van der Waals surface area contributed by atoms with Gasteiger partial charge in [-0.05, 0) is 54.6 Å². The lowest BCUT2D eigenvalue weighted by atomic mass is 9.75. The van der Waals surface area contributed by atoms with Crippen LogP contribution in [0.5, 0.6) is 0 Å². The van der Waals surface area contributed by atoms with Gasteiger partial charge in [0.2, 0.25) is 0 Å². The van der Waals surface area contributed by atoms with E-state index in [1.165, 1.54) is 0 Å². The quantitative estimate of drug-likeness (QED) is 0.685. The lowest BCUT2D eigenvalue weighted by Gasteiger charge is -2.32. The Morgan fingerprint density at radius 1 is 1.12 bits per heavy atom. The van der Waals surface area contributed by atoms with E-state index in [4.69, 9.17) is 9.31 Å². The molecule has 1 saturated heterocycles. The van der Waals surface area contributed by atoms with Gasteiger partial charge in [-0.25, -0.2) is 0 Å². The van der Waals surface area contributed by atoms with E-state index in [0.717, 1.165) is 6.42 Å². The third-order valence-electron chi connectivity index (χ3n) is 3.73. The number of hydrogen-bond donors (Lipinski definition) is 0. The van der Waals surface area contributed by atoms with Gasteiger partial charge in [0, 0.05) is 5.94 Å².